The van der Waals surface area contributed by atoms with Crippen LogP contribution in [0, 0.1) is 0 Å². The number of unbranched alkanes of at least 4 members (excludes halogenated alkanes) is 1. The summed E-state index contributed by atoms with van der Waals surface area (Å²) in [5.74, 6) is 0. The van der Waals surface area contributed by atoms with Gasteiger partial charge in [-0.25, -0.2) is 0 Å². The Balaban J connectivity index is 2.67. The number of halogens is 1. The van der Waals surface area contributed by atoms with Crippen molar-refractivity contribution >= 4 is 21.6 Å². The Labute approximate surface area is 125 Å². The molecule has 1 aromatic rings. The van der Waals surface area contributed by atoms with Crippen molar-refractivity contribution in [2.75, 3.05) is 38.8 Å². The van der Waals surface area contributed by atoms with Gasteiger partial charge in [-0.1, -0.05) is 29.3 Å². The van der Waals surface area contributed by atoms with Crippen molar-refractivity contribution in [1.82, 2.24) is 5.32 Å². The number of ether oxygens (including phenoxy) is 1. The molecule has 3 nitrogen and oxygen atoms in total. The van der Waals surface area contributed by atoms with Crippen LogP contribution >= 0.6 is 15.9 Å². The van der Waals surface area contributed by atoms with Gasteiger partial charge < -0.3 is 15.0 Å². The number of hydrogen-bond acceptors (Lipinski definition) is 3. The Kier molecular flexibility index (Phi) is 8.10. The van der Waals surface area contributed by atoms with Crippen molar-refractivity contribution < 1.29 is 4.74 Å². The van der Waals surface area contributed by atoms with Gasteiger partial charge in [0.15, 0.2) is 0 Å². The molecule has 0 spiro atoms. The lowest BCUT2D eigenvalue weighted by Gasteiger charge is -2.23. The van der Waals surface area contributed by atoms with E-state index in [9.17, 15) is 0 Å². The standard InChI is InChI=1S/C15H25BrN2O/c1-4-5-9-18(2)15-7-6-14(16)11-13(15)12-17-8-10-19-3/h6-7,11,17H,4-5,8-10,12H2,1-3H3. The number of nitrogens with zero attached hydrogens (tertiary/aromatic N) is 1. The van der Waals surface area contributed by atoms with Gasteiger partial charge in [-0.2, -0.15) is 0 Å². The molecule has 0 saturated heterocycles. The van der Waals surface area contributed by atoms with Crippen LogP contribution in [0.4, 0.5) is 5.69 Å². The van der Waals surface area contributed by atoms with Gasteiger partial charge in [0, 0.05) is 44.0 Å². The number of anilines is 1. The highest BCUT2D eigenvalue weighted by atomic mass is 79.9. The first-order chi connectivity index (χ1) is 9.19. The molecule has 0 aliphatic rings. The lowest BCUT2D eigenvalue weighted by atomic mass is 10.1. The van der Waals surface area contributed by atoms with E-state index in [1.54, 1.807) is 7.11 Å². The maximum atomic E-state index is 5.05. The van der Waals surface area contributed by atoms with Crippen LogP contribution in [0.2, 0.25) is 0 Å². The predicted molar refractivity (Wildman–Crippen MR) is 85.9 cm³/mol. The first-order valence-corrected chi connectivity index (χ1v) is 7.67. The van der Waals surface area contributed by atoms with Crippen LogP contribution in [0.25, 0.3) is 0 Å². The highest BCUT2D eigenvalue weighted by Crippen LogP contribution is 2.24. The zero-order valence-corrected chi connectivity index (χ0v) is 13.8. The summed E-state index contributed by atoms with van der Waals surface area (Å²) in [7, 11) is 3.89. The van der Waals surface area contributed by atoms with Crippen molar-refractivity contribution in [3.05, 3.63) is 28.2 Å². The molecular weight excluding hydrogens is 304 g/mol. The van der Waals surface area contributed by atoms with Gasteiger partial charge >= 0.3 is 0 Å². The largest absolute Gasteiger partial charge is 0.383 e. The molecule has 0 unspecified atom stereocenters. The first-order valence-electron chi connectivity index (χ1n) is 6.88. The summed E-state index contributed by atoms with van der Waals surface area (Å²) in [6.45, 7) is 5.82. The molecule has 0 aliphatic heterocycles. The van der Waals surface area contributed by atoms with Gasteiger partial charge in [0.05, 0.1) is 6.61 Å². The van der Waals surface area contributed by atoms with E-state index in [0.29, 0.717) is 0 Å². The van der Waals surface area contributed by atoms with E-state index in [1.165, 1.54) is 24.1 Å². The Morgan fingerprint density at radius 3 is 2.84 bits per heavy atom. The number of benzene rings is 1. The molecule has 1 N–H and O–H groups in total. The molecule has 0 heterocycles. The molecule has 108 valence electrons. The van der Waals surface area contributed by atoms with E-state index < -0.39 is 0 Å². The summed E-state index contributed by atoms with van der Waals surface area (Å²) < 4.78 is 6.18. The van der Waals surface area contributed by atoms with Crippen molar-refractivity contribution in [2.24, 2.45) is 0 Å². The SMILES string of the molecule is CCCCN(C)c1ccc(Br)cc1CNCCOC. The Hall–Kier alpha value is -0.580. The fraction of sp³-hybridized carbons (Fsp3) is 0.600. The van der Waals surface area contributed by atoms with Crippen LogP contribution in [0.1, 0.15) is 25.3 Å². The van der Waals surface area contributed by atoms with E-state index in [1.807, 2.05) is 0 Å². The van der Waals surface area contributed by atoms with E-state index >= 15 is 0 Å². The molecule has 1 aromatic carbocycles. The van der Waals surface area contributed by atoms with Crippen LogP contribution in [-0.2, 0) is 11.3 Å². The molecular formula is C15H25BrN2O. The minimum Gasteiger partial charge on any atom is -0.383 e. The van der Waals surface area contributed by atoms with E-state index in [0.717, 1.165) is 30.7 Å². The number of nitrogens with one attached hydrogen (secondary N) is 1. The number of rotatable bonds is 9. The second-order valence-electron chi connectivity index (χ2n) is 4.72. The third kappa shape index (κ3) is 5.93. The second kappa shape index (κ2) is 9.34. The third-order valence-electron chi connectivity index (χ3n) is 3.10. The topological polar surface area (TPSA) is 24.5 Å². The first kappa shape index (κ1) is 16.5. The van der Waals surface area contributed by atoms with Crippen LogP contribution < -0.4 is 10.2 Å². The van der Waals surface area contributed by atoms with Gasteiger partial charge in [0.2, 0.25) is 0 Å². The number of methoxy groups -OCH3 is 1. The van der Waals surface area contributed by atoms with Crippen LogP contribution in [0.5, 0.6) is 0 Å². The summed E-state index contributed by atoms with van der Waals surface area (Å²) in [5.41, 5.74) is 2.63. The zero-order chi connectivity index (χ0) is 14.1. The quantitative estimate of drug-likeness (QED) is 0.703. The summed E-state index contributed by atoms with van der Waals surface area (Å²) in [6.07, 6.45) is 2.45. The smallest absolute Gasteiger partial charge is 0.0587 e. The van der Waals surface area contributed by atoms with E-state index in [-0.39, 0.29) is 0 Å². The van der Waals surface area contributed by atoms with Crippen LogP contribution in [0.15, 0.2) is 22.7 Å². The van der Waals surface area contributed by atoms with Gasteiger partial charge in [-0.05, 0) is 30.2 Å². The average molecular weight is 329 g/mol. The third-order valence-corrected chi connectivity index (χ3v) is 3.59. The Bertz CT molecular complexity index is 371. The van der Waals surface area contributed by atoms with Crippen molar-refractivity contribution in [3.8, 4) is 0 Å². The fourth-order valence-corrected chi connectivity index (χ4v) is 2.39. The number of hydrogen-bond donors (Lipinski definition) is 1. The second-order valence-corrected chi connectivity index (χ2v) is 5.63. The molecule has 0 saturated carbocycles. The summed E-state index contributed by atoms with van der Waals surface area (Å²) >= 11 is 3.55. The van der Waals surface area contributed by atoms with Gasteiger partial charge in [-0.3, -0.25) is 0 Å². The molecule has 0 radical (unpaired) electrons. The minimum atomic E-state index is 0.745. The molecule has 0 aliphatic carbocycles. The highest BCUT2D eigenvalue weighted by molar-refractivity contribution is 9.10. The molecule has 1 rings (SSSR count). The molecule has 0 fully saturated rings. The average Bonchev–Trinajstić information content (AvgIpc) is 2.41. The summed E-state index contributed by atoms with van der Waals surface area (Å²) in [4.78, 5) is 2.34. The highest BCUT2D eigenvalue weighted by Gasteiger charge is 2.07. The fourth-order valence-electron chi connectivity index (χ4n) is 1.98. The van der Waals surface area contributed by atoms with E-state index in [2.05, 4.69) is 58.3 Å². The van der Waals surface area contributed by atoms with Crippen LogP contribution in [-0.4, -0.2) is 33.9 Å². The molecule has 0 aromatic heterocycles. The lowest BCUT2D eigenvalue weighted by Crippen LogP contribution is -2.23. The normalized spacial score (nSPS) is 10.7. The van der Waals surface area contributed by atoms with Gasteiger partial charge in [0.1, 0.15) is 0 Å². The lowest BCUT2D eigenvalue weighted by molar-refractivity contribution is 0.199. The zero-order valence-electron chi connectivity index (χ0n) is 12.2. The molecule has 4 heteroatoms. The summed E-state index contributed by atoms with van der Waals surface area (Å²) in [5, 5.41) is 3.41. The van der Waals surface area contributed by atoms with Crippen molar-refractivity contribution in [1.29, 1.82) is 0 Å². The molecule has 0 bridgehead atoms. The maximum absolute atomic E-state index is 5.05. The summed E-state index contributed by atoms with van der Waals surface area (Å²) in [6, 6.07) is 6.49. The van der Waals surface area contributed by atoms with Crippen LogP contribution in [0.3, 0.4) is 0 Å². The molecule has 19 heavy (non-hydrogen) atoms. The van der Waals surface area contributed by atoms with Gasteiger partial charge in [-0.15, -0.1) is 0 Å². The Morgan fingerprint density at radius 2 is 2.16 bits per heavy atom. The van der Waals surface area contributed by atoms with Crippen molar-refractivity contribution in [2.45, 2.75) is 26.3 Å². The Morgan fingerprint density at radius 1 is 1.37 bits per heavy atom. The molecule has 0 amide bonds. The molecule has 0 atom stereocenters. The van der Waals surface area contributed by atoms with Gasteiger partial charge in [0.25, 0.3) is 0 Å². The van der Waals surface area contributed by atoms with E-state index in [4.69, 9.17) is 4.74 Å². The predicted octanol–water partition coefficient (Wildman–Crippen LogP) is 3.42. The van der Waals surface area contributed by atoms with Crippen molar-refractivity contribution in [3.63, 3.8) is 0 Å². The minimum absolute atomic E-state index is 0.745. The maximum Gasteiger partial charge on any atom is 0.0587 e. The monoisotopic (exact) mass is 328 g/mol.